The summed E-state index contributed by atoms with van der Waals surface area (Å²) in [6.45, 7) is 10.8. The zero-order chi connectivity index (χ0) is 13.6. The van der Waals surface area contributed by atoms with E-state index in [0.717, 1.165) is 11.3 Å². The Balaban J connectivity index is 2.16. The Morgan fingerprint density at radius 1 is 1.22 bits per heavy atom. The first kappa shape index (κ1) is 13.6. The van der Waals surface area contributed by atoms with E-state index >= 15 is 0 Å². The minimum atomic E-state index is -1.94. The highest BCUT2D eigenvalue weighted by molar-refractivity contribution is 6.74. The monoisotopic (exact) mass is 266 g/mol. The van der Waals surface area contributed by atoms with Gasteiger partial charge in [0.1, 0.15) is 11.9 Å². The van der Waals surface area contributed by atoms with Gasteiger partial charge in [-0.15, -0.1) is 0 Å². The molecule has 0 bridgehead atoms. The first-order valence-corrected chi connectivity index (χ1v) is 9.25. The van der Waals surface area contributed by atoms with Crippen LogP contribution in [-0.4, -0.2) is 19.7 Å². The molecule has 1 N–H and O–H groups in total. The summed E-state index contributed by atoms with van der Waals surface area (Å²) in [6, 6.07) is 7.56. The van der Waals surface area contributed by atoms with Gasteiger partial charge < -0.3 is 14.3 Å². The third-order valence-corrected chi connectivity index (χ3v) is 8.39. The van der Waals surface area contributed by atoms with Crippen molar-refractivity contribution < 1.29 is 14.3 Å². The van der Waals surface area contributed by atoms with Gasteiger partial charge in [0.2, 0.25) is 6.29 Å². The van der Waals surface area contributed by atoms with Crippen LogP contribution < -0.4 is 4.74 Å². The topological polar surface area (TPSA) is 38.7 Å². The Kier molecular flexibility index (Phi) is 3.30. The molecule has 0 amide bonds. The number of para-hydroxylation sites is 1. The summed E-state index contributed by atoms with van der Waals surface area (Å²) in [5, 5.41) is 10.3. The fraction of sp³-hybridized carbons (Fsp3) is 0.571. The minimum Gasteiger partial charge on any atom is -0.462 e. The molecular weight excluding hydrogens is 244 g/mol. The van der Waals surface area contributed by atoms with E-state index in [4.69, 9.17) is 9.16 Å². The first-order valence-electron chi connectivity index (χ1n) is 6.34. The van der Waals surface area contributed by atoms with Crippen LogP contribution in [0.15, 0.2) is 24.3 Å². The van der Waals surface area contributed by atoms with Crippen LogP contribution in [0.25, 0.3) is 0 Å². The summed E-state index contributed by atoms with van der Waals surface area (Å²) in [6.07, 6.45) is -1.25. The number of rotatable bonds is 2. The molecule has 18 heavy (non-hydrogen) atoms. The van der Waals surface area contributed by atoms with Gasteiger partial charge >= 0.3 is 0 Å². The second-order valence-corrected chi connectivity index (χ2v) is 11.1. The molecule has 1 aromatic rings. The second kappa shape index (κ2) is 4.37. The predicted molar refractivity (Wildman–Crippen MR) is 74.1 cm³/mol. The normalized spacial score (nSPS) is 23.7. The number of benzene rings is 1. The molecule has 0 saturated carbocycles. The standard InChI is InChI=1S/C14H22O3Si/c1-14(2,3)18(4,5)17-13-12(15)10-8-6-7-9-11(10)16-13/h6-9,12-13,15H,1-5H3. The van der Waals surface area contributed by atoms with Crippen LogP contribution in [0.2, 0.25) is 18.1 Å². The number of aliphatic hydroxyl groups is 1. The van der Waals surface area contributed by atoms with E-state index in [1.807, 2.05) is 24.3 Å². The molecule has 100 valence electrons. The van der Waals surface area contributed by atoms with Crippen molar-refractivity contribution in [3.8, 4) is 5.75 Å². The average molecular weight is 266 g/mol. The van der Waals surface area contributed by atoms with E-state index < -0.39 is 20.7 Å². The molecule has 0 radical (unpaired) electrons. The molecule has 0 aromatic heterocycles. The Morgan fingerprint density at radius 2 is 1.83 bits per heavy atom. The molecule has 2 atom stereocenters. The molecule has 2 rings (SSSR count). The number of hydrogen-bond acceptors (Lipinski definition) is 3. The average Bonchev–Trinajstić information content (AvgIpc) is 2.54. The molecule has 0 fully saturated rings. The minimum absolute atomic E-state index is 0.102. The van der Waals surface area contributed by atoms with E-state index in [2.05, 4.69) is 33.9 Å². The number of ether oxygens (including phenoxy) is 1. The zero-order valence-corrected chi connectivity index (χ0v) is 12.7. The smallest absolute Gasteiger partial charge is 0.221 e. The molecule has 0 aliphatic carbocycles. The Labute approximate surface area is 110 Å². The van der Waals surface area contributed by atoms with Crippen molar-refractivity contribution in [2.45, 2.75) is 51.3 Å². The van der Waals surface area contributed by atoms with Gasteiger partial charge in [0.05, 0.1) is 0 Å². The van der Waals surface area contributed by atoms with Crippen molar-refractivity contribution in [1.29, 1.82) is 0 Å². The fourth-order valence-electron chi connectivity index (χ4n) is 1.72. The highest BCUT2D eigenvalue weighted by Gasteiger charge is 2.44. The lowest BCUT2D eigenvalue weighted by atomic mass is 10.1. The van der Waals surface area contributed by atoms with Crippen molar-refractivity contribution in [3.05, 3.63) is 29.8 Å². The lowest BCUT2D eigenvalue weighted by Crippen LogP contribution is -2.45. The lowest BCUT2D eigenvalue weighted by Gasteiger charge is -2.38. The summed E-state index contributed by atoms with van der Waals surface area (Å²) in [4.78, 5) is 0. The molecule has 1 heterocycles. The summed E-state index contributed by atoms with van der Waals surface area (Å²) < 4.78 is 11.8. The molecule has 1 aromatic carbocycles. The van der Waals surface area contributed by atoms with Crippen LogP contribution in [0.5, 0.6) is 5.75 Å². The zero-order valence-electron chi connectivity index (χ0n) is 11.7. The summed E-state index contributed by atoms with van der Waals surface area (Å²) in [5.74, 6) is 0.730. The maximum absolute atomic E-state index is 10.2. The highest BCUT2D eigenvalue weighted by Crippen LogP contribution is 2.42. The van der Waals surface area contributed by atoms with Gasteiger partial charge in [0.15, 0.2) is 8.32 Å². The summed E-state index contributed by atoms with van der Waals surface area (Å²) in [7, 11) is -1.94. The number of hydrogen-bond donors (Lipinski definition) is 1. The van der Waals surface area contributed by atoms with Crippen molar-refractivity contribution in [3.63, 3.8) is 0 Å². The van der Waals surface area contributed by atoms with Gasteiger partial charge in [0.25, 0.3) is 0 Å². The molecule has 1 aliphatic heterocycles. The molecular formula is C14H22O3Si. The third kappa shape index (κ3) is 2.32. The maximum Gasteiger partial charge on any atom is 0.221 e. The largest absolute Gasteiger partial charge is 0.462 e. The van der Waals surface area contributed by atoms with Gasteiger partial charge in [-0.05, 0) is 24.2 Å². The molecule has 0 saturated heterocycles. The molecule has 3 nitrogen and oxygen atoms in total. The van der Waals surface area contributed by atoms with Crippen LogP contribution >= 0.6 is 0 Å². The number of aliphatic hydroxyl groups excluding tert-OH is 1. The van der Waals surface area contributed by atoms with Gasteiger partial charge in [-0.25, -0.2) is 0 Å². The van der Waals surface area contributed by atoms with Gasteiger partial charge in [-0.1, -0.05) is 39.0 Å². The van der Waals surface area contributed by atoms with E-state index in [-0.39, 0.29) is 5.04 Å². The maximum atomic E-state index is 10.2. The van der Waals surface area contributed by atoms with E-state index in [1.54, 1.807) is 0 Å². The van der Waals surface area contributed by atoms with E-state index in [1.165, 1.54) is 0 Å². The summed E-state index contributed by atoms with van der Waals surface area (Å²) in [5.41, 5.74) is 0.821. The molecule has 1 aliphatic rings. The quantitative estimate of drug-likeness (QED) is 0.833. The third-order valence-electron chi connectivity index (χ3n) is 3.96. The lowest BCUT2D eigenvalue weighted by molar-refractivity contribution is -0.0726. The van der Waals surface area contributed by atoms with E-state index in [9.17, 15) is 5.11 Å². The Bertz CT molecular complexity index is 437. The van der Waals surface area contributed by atoms with Crippen LogP contribution in [0.1, 0.15) is 32.4 Å². The van der Waals surface area contributed by atoms with Crippen LogP contribution in [-0.2, 0) is 4.43 Å². The predicted octanol–water partition coefficient (Wildman–Crippen LogP) is 3.46. The fourth-order valence-corrected chi connectivity index (χ4v) is 2.84. The molecule has 2 unspecified atom stereocenters. The van der Waals surface area contributed by atoms with Crippen LogP contribution in [0.4, 0.5) is 0 Å². The van der Waals surface area contributed by atoms with Crippen LogP contribution in [0, 0.1) is 0 Å². The second-order valence-electron chi connectivity index (χ2n) is 6.35. The van der Waals surface area contributed by atoms with Crippen molar-refractivity contribution in [2.24, 2.45) is 0 Å². The van der Waals surface area contributed by atoms with Crippen molar-refractivity contribution >= 4 is 8.32 Å². The highest BCUT2D eigenvalue weighted by atomic mass is 28.4. The van der Waals surface area contributed by atoms with E-state index in [0.29, 0.717) is 0 Å². The van der Waals surface area contributed by atoms with Gasteiger partial charge in [-0.3, -0.25) is 0 Å². The first-order chi connectivity index (χ1) is 8.22. The SMILES string of the molecule is CC(C)(C)[Si](C)(C)OC1Oc2ccccc2C1O. The number of fused-ring (bicyclic) bond motifs is 1. The summed E-state index contributed by atoms with van der Waals surface area (Å²) >= 11 is 0. The van der Waals surface area contributed by atoms with Gasteiger partial charge in [-0.2, -0.15) is 0 Å². The van der Waals surface area contributed by atoms with Gasteiger partial charge in [0, 0.05) is 5.56 Å². The Hall–Kier alpha value is -0.843. The molecule has 0 spiro atoms. The van der Waals surface area contributed by atoms with Crippen molar-refractivity contribution in [2.75, 3.05) is 0 Å². The molecule has 4 heteroatoms. The van der Waals surface area contributed by atoms with Crippen molar-refractivity contribution in [1.82, 2.24) is 0 Å². The van der Waals surface area contributed by atoms with Crippen LogP contribution in [0.3, 0.4) is 0 Å². The Morgan fingerprint density at radius 3 is 2.39 bits per heavy atom.